The predicted octanol–water partition coefficient (Wildman–Crippen LogP) is 2.06. The van der Waals surface area contributed by atoms with Gasteiger partial charge in [-0.3, -0.25) is 0 Å². The Kier molecular flexibility index (Phi) is 1.92. The van der Waals surface area contributed by atoms with E-state index < -0.39 is 0 Å². The third kappa shape index (κ3) is 1.48. The highest BCUT2D eigenvalue weighted by Crippen LogP contribution is 2.51. The van der Waals surface area contributed by atoms with Gasteiger partial charge >= 0.3 is 0 Å². The smallest absolute Gasteiger partial charge is 0.0479 e. The van der Waals surface area contributed by atoms with E-state index in [0.717, 1.165) is 13.2 Å². The SMILES string of the molecule is C1COCCC2(CC2)SC1. The molecular weight excluding hydrogens is 144 g/mol. The predicted molar refractivity (Wildman–Crippen MR) is 44.5 cm³/mol. The molecular formula is C8H14OS. The molecule has 0 unspecified atom stereocenters. The first-order valence-corrected chi connectivity index (χ1v) is 5.12. The zero-order valence-corrected chi connectivity index (χ0v) is 7.08. The minimum Gasteiger partial charge on any atom is -0.381 e. The lowest BCUT2D eigenvalue weighted by Crippen LogP contribution is -2.13. The lowest BCUT2D eigenvalue weighted by Gasteiger charge is -2.17. The minimum absolute atomic E-state index is 0.695. The Balaban J connectivity index is 1.84. The molecule has 10 heavy (non-hydrogen) atoms. The zero-order valence-electron chi connectivity index (χ0n) is 6.27. The molecule has 0 radical (unpaired) electrons. The van der Waals surface area contributed by atoms with E-state index in [2.05, 4.69) is 11.8 Å². The molecule has 1 saturated carbocycles. The summed E-state index contributed by atoms with van der Waals surface area (Å²) in [5.41, 5.74) is 0. The molecule has 0 aromatic heterocycles. The summed E-state index contributed by atoms with van der Waals surface area (Å²) in [6.07, 6.45) is 5.45. The van der Waals surface area contributed by atoms with Gasteiger partial charge in [0, 0.05) is 18.0 Å². The highest BCUT2D eigenvalue weighted by atomic mass is 32.2. The zero-order chi connectivity index (χ0) is 6.86. The molecule has 58 valence electrons. The molecule has 2 aliphatic rings. The summed E-state index contributed by atoms with van der Waals surface area (Å²) < 4.78 is 6.13. The first-order chi connectivity index (χ1) is 4.91. The van der Waals surface area contributed by atoms with Crippen LogP contribution in [0.15, 0.2) is 0 Å². The lowest BCUT2D eigenvalue weighted by molar-refractivity contribution is 0.129. The second-order valence-corrected chi connectivity index (χ2v) is 4.81. The Morgan fingerprint density at radius 3 is 2.80 bits per heavy atom. The van der Waals surface area contributed by atoms with Crippen molar-refractivity contribution >= 4 is 11.8 Å². The van der Waals surface area contributed by atoms with Crippen molar-refractivity contribution in [3.05, 3.63) is 0 Å². The average Bonchev–Trinajstić information content (AvgIpc) is 2.61. The maximum atomic E-state index is 5.44. The first kappa shape index (κ1) is 6.99. The second kappa shape index (κ2) is 2.74. The van der Waals surface area contributed by atoms with Crippen molar-refractivity contribution in [3.63, 3.8) is 0 Å². The van der Waals surface area contributed by atoms with Gasteiger partial charge in [-0.2, -0.15) is 11.8 Å². The van der Waals surface area contributed by atoms with Crippen LogP contribution < -0.4 is 0 Å². The van der Waals surface area contributed by atoms with E-state index in [0.29, 0.717) is 4.75 Å². The van der Waals surface area contributed by atoms with Gasteiger partial charge in [0.1, 0.15) is 0 Å². The molecule has 1 nitrogen and oxygen atoms in total. The van der Waals surface area contributed by atoms with E-state index in [-0.39, 0.29) is 0 Å². The molecule has 0 atom stereocenters. The van der Waals surface area contributed by atoms with Crippen LogP contribution in [0.2, 0.25) is 0 Å². The number of hydrogen-bond donors (Lipinski definition) is 0. The number of ether oxygens (including phenoxy) is 1. The van der Waals surface area contributed by atoms with Gasteiger partial charge < -0.3 is 4.74 Å². The molecule has 1 aliphatic carbocycles. The van der Waals surface area contributed by atoms with Gasteiger partial charge in [0.2, 0.25) is 0 Å². The summed E-state index contributed by atoms with van der Waals surface area (Å²) in [7, 11) is 0. The normalized spacial score (nSPS) is 31.2. The fourth-order valence-corrected chi connectivity index (χ4v) is 2.73. The standard InChI is InChI=1S/C8H14OS/c1-5-9-6-4-8(2-3-8)10-7-1/h1-7H2. The highest BCUT2D eigenvalue weighted by Gasteiger charge is 2.42. The van der Waals surface area contributed by atoms with E-state index in [9.17, 15) is 0 Å². The van der Waals surface area contributed by atoms with Crippen LogP contribution in [-0.2, 0) is 4.74 Å². The quantitative estimate of drug-likeness (QED) is 0.533. The molecule has 2 heteroatoms. The van der Waals surface area contributed by atoms with E-state index in [4.69, 9.17) is 4.74 Å². The van der Waals surface area contributed by atoms with Gasteiger partial charge in [-0.05, 0) is 31.4 Å². The van der Waals surface area contributed by atoms with Gasteiger partial charge in [-0.25, -0.2) is 0 Å². The van der Waals surface area contributed by atoms with Crippen LogP contribution in [0, 0.1) is 0 Å². The van der Waals surface area contributed by atoms with Crippen molar-refractivity contribution in [1.82, 2.24) is 0 Å². The van der Waals surface area contributed by atoms with Gasteiger partial charge in [0.05, 0.1) is 0 Å². The summed E-state index contributed by atoms with van der Waals surface area (Å²) in [5, 5.41) is 0. The van der Waals surface area contributed by atoms with Crippen molar-refractivity contribution in [2.45, 2.75) is 30.4 Å². The third-order valence-electron chi connectivity index (χ3n) is 2.35. The summed E-state index contributed by atoms with van der Waals surface area (Å²) in [5.74, 6) is 1.32. The fourth-order valence-electron chi connectivity index (χ4n) is 1.42. The molecule has 0 aromatic rings. The summed E-state index contributed by atoms with van der Waals surface area (Å²) in [4.78, 5) is 0. The molecule has 0 N–H and O–H groups in total. The Bertz CT molecular complexity index is 110. The van der Waals surface area contributed by atoms with Crippen LogP contribution in [0.25, 0.3) is 0 Å². The Morgan fingerprint density at radius 2 is 2.00 bits per heavy atom. The van der Waals surface area contributed by atoms with Gasteiger partial charge in [0.25, 0.3) is 0 Å². The third-order valence-corrected chi connectivity index (χ3v) is 4.07. The van der Waals surface area contributed by atoms with Gasteiger partial charge in [-0.1, -0.05) is 0 Å². The van der Waals surface area contributed by atoms with Crippen LogP contribution in [0.4, 0.5) is 0 Å². The largest absolute Gasteiger partial charge is 0.381 e. The lowest BCUT2D eigenvalue weighted by atomic mass is 10.3. The summed E-state index contributed by atoms with van der Waals surface area (Å²) in [6.45, 7) is 2.00. The molecule has 1 heterocycles. The minimum atomic E-state index is 0.695. The monoisotopic (exact) mass is 158 g/mol. The Labute approximate surface area is 66.5 Å². The molecule has 1 spiro atoms. The van der Waals surface area contributed by atoms with Crippen molar-refractivity contribution in [3.8, 4) is 0 Å². The maximum absolute atomic E-state index is 5.44. The van der Waals surface area contributed by atoms with Crippen molar-refractivity contribution in [1.29, 1.82) is 0 Å². The van der Waals surface area contributed by atoms with Gasteiger partial charge in [-0.15, -0.1) is 0 Å². The van der Waals surface area contributed by atoms with E-state index >= 15 is 0 Å². The van der Waals surface area contributed by atoms with Crippen LogP contribution in [0.5, 0.6) is 0 Å². The topological polar surface area (TPSA) is 9.23 Å². The summed E-state index contributed by atoms with van der Waals surface area (Å²) >= 11 is 2.19. The van der Waals surface area contributed by atoms with E-state index in [1.165, 1.54) is 31.4 Å². The van der Waals surface area contributed by atoms with Crippen molar-refractivity contribution < 1.29 is 4.74 Å². The van der Waals surface area contributed by atoms with Crippen LogP contribution >= 0.6 is 11.8 Å². The van der Waals surface area contributed by atoms with E-state index in [1.807, 2.05) is 0 Å². The Hall–Kier alpha value is 0.310. The van der Waals surface area contributed by atoms with Crippen LogP contribution in [0.3, 0.4) is 0 Å². The van der Waals surface area contributed by atoms with E-state index in [1.54, 1.807) is 0 Å². The second-order valence-electron chi connectivity index (χ2n) is 3.25. The Morgan fingerprint density at radius 1 is 1.10 bits per heavy atom. The number of thioether (sulfide) groups is 1. The van der Waals surface area contributed by atoms with Crippen molar-refractivity contribution in [2.75, 3.05) is 19.0 Å². The molecule has 2 rings (SSSR count). The van der Waals surface area contributed by atoms with Crippen LogP contribution in [-0.4, -0.2) is 23.7 Å². The fraction of sp³-hybridized carbons (Fsp3) is 1.00. The number of hydrogen-bond acceptors (Lipinski definition) is 2. The highest BCUT2D eigenvalue weighted by molar-refractivity contribution is 8.00. The molecule has 0 bridgehead atoms. The number of rotatable bonds is 0. The summed E-state index contributed by atoms with van der Waals surface area (Å²) in [6, 6.07) is 0. The van der Waals surface area contributed by atoms with Crippen LogP contribution in [0.1, 0.15) is 25.7 Å². The van der Waals surface area contributed by atoms with Crippen molar-refractivity contribution in [2.24, 2.45) is 0 Å². The molecule has 2 fully saturated rings. The molecule has 1 aliphatic heterocycles. The van der Waals surface area contributed by atoms with Gasteiger partial charge in [0.15, 0.2) is 0 Å². The first-order valence-electron chi connectivity index (χ1n) is 4.13. The molecule has 0 amide bonds. The molecule has 0 aromatic carbocycles. The average molecular weight is 158 g/mol. The maximum Gasteiger partial charge on any atom is 0.0479 e. The molecule has 1 saturated heterocycles.